The molecule has 0 amide bonds. The van der Waals surface area contributed by atoms with Crippen LogP contribution < -0.4 is 11.6 Å². The fourth-order valence-corrected chi connectivity index (χ4v) is 0.627. The van der Waals surface area contributed by atoms with Crippen molar-refractivity contribution in [1.29, 1.82) is 0 Å². The molecule has 0 aliphatic rings. The number of carbonyl (C=O) groups is 1. The van der Waals surface area contributed by atoms with Crippen molar-refractivity contribution in [2.75, 3.05) is 0 Å². The highest BCUT2D eigenvalue weighted by atomic mass is 16.7. The van der Waals surface area contributed by atoms with Gasteiger partial charge in [-0.05, 0) is 19.8 Å². The largest absolute Gasteiger partial charge is 0.373 e. The molecule has 4 heteroatoms. The summed E-state index contributed by atoms with van der Waals surface area (Å²) in [5, 5.41) is 0. The maximum atomic E-state index is 10.4. The Kier molecular flexibility index (Phi) is 4.88. The summed E-state index contributed by atoms with van der Waals surface area (Å²) in [7, 11) is 0. The van der Waals surface area contributed by atoms with Crippen LogP contribution in [0.15, 0.2) is 0 Å². The second kappa shape index (κ2) is 5.20. The maximum Gasteiger partial charge on any atom is 0.324 e. The highest BCUT2D eigenvalue weighted by Crippen LogP contribution is 1.98. The topological polar surface area (TPSA) is 78.3 Å². The zero-order valence-electron chi connectivity index (χ0n) is 6.17. The molecule has 0 aliphatic heterocycles. The molecule has 0 heterocycles. The molecule has 0 saturated carbocycles. The van der Waals surface area contributed by atoms with Gasteiger partial charge in [0.1, 0.15) is 0 Å². The molecule has 10 heavy (non-hydrogen) atoms. The average Bonchev–Trinajstić information content (AvgIpc) is 1.87. The second-order valence-corrected chi connectivity index (χ2v) is 2.36. The molecule has 4 N–H and O–H groups in total. The molecular formula is C6H14N2O2. The van der Waals surface area contributed by atoms with E-state index in [1.807, 2.05) is 6.92 Å². The van der Waals surface area contributed by atoms with Gasteiger partial charge in [0.15, 0.2) is 0 Å². The molecule has 0 radical (unpaired) electrons. The van der Waals surface area contributed by atoms with Gasteiger partial charge in [-0.1, -0.05) is 0 Å². The fraction of sp³-hybridized carbons (Fsp3) is 0.833. The Labute approximate surface area is 60.5 Å². The van der Waals surface area contributed by atoms with E-state index in [1.54, 1.807) is 0 Å². The van der Waals surface area contributed by atoms with Gasteiger partial charge in [0, 0.05) is 12.5 Å². The summed E-state index contributed by atoms with van der Waals surface area (Å²) in [5.74, 6) is 4.23. The monoisotopic (exact) mass is 146 g/mol. The van der Waals surface area contributed by atoms with Gasteiger partial charge in [0.2, 0.25) is 0 Å². The summed E-state index contributed by atoms with van der Waals surface area (Å²) >= 11 is 0. The van der Waals surface area contributed by atoms with Gasteiger partial charge < -0.3 is 10.6 Å². The van der Waals surface area contributed by atoms with Gasteiger partial charge in [0.25, 0.3) is 0 Å². The minimum atomic E-state index is -0.374. The van der Waals surface area contributed by atoms with Crippen molar-refractivity contribution in [3.8, 4) is 0 Å². The lowest BCUT2D eigenvalue weighted by molar-refractivity contribution is -0.144. The molecule has 0 aromatic heterocycles. The second-order valence-electron chi connectivity index (χ2n) is 2.36. The smallest absolute Gasteiger partial charge is 0.324 e. The highest BCUT2D eigenvalue weighted by molar-refractivity contribution is 5.68. The first-order valence-electron chi connectivity index (χ1n) is 3.32. The molecule has 0 aliphatic carbocycles. The van der Waals surface area contributed by atoms with Gasteiger partial charge in [-0.25, -0.2) is 0 Å². The molecule has 0 aromatic rings. The number of rotatable bonds is 4. The first-order chi connectivity index (χ1) is 4.66. The minimum absolute atomic E-state index is 0.144. The third kappa shape index (κ3) is 5.53. The molecular weight excluding hydrogens is 132 g/mol. The Bertz CT molecular complexity index is 104. The van der Waals surface area contributed by atoms with Gasteiger partial charge in [-0.2, -0.15) is 5.90 Å². The van der Waals surface area contributed by atoms with Crippen LogP contribution in [0.4, 0.5) is 0 Å². The van der Waals surface area contributed by atoms with Crippen molar-refractivity contribution in [1.82, 2.24) is 0 Å². The summed E-state index contributed by atoms with van der Waals surface area (Å²) in [6.07, 6.45) is 1.93. The summed E-state index contributed by atoms with van der Waals surface area (Å²) in [5.41, 5.74) is 5.44. The molecule has 0 rings (SSSR count). The van der Waals surface area contributed by atoms with Gasteiger partial charge in [-0.15, -0.1) is 0 Å². The average molecular weight is 146 g/mol. The van der Waals surface area contributed by atoms with E-state index in [-0.39, 0.29) is 12.0 Å². The lowest BCUT2D eigenvalue weighted by Crippen LogP contribution is -2.16. The van der Waals surface area contributed by atoms with Crippen LogP contribution >= 0.6 is 0 Å². The Morgan fingerprint density at radius 1 is 1.70 bits per heavy atom. The van der Waals surface area contributed by atoms with Crippen LogP contribution in [-0.2, 0) is 9.63 Å². The van der Waals surface area contributed by atoms with Crippen LogP contribution in [-0.4, -0.2) is 12.0 Å². The van der Waals surface area contributed by atoms with Crippen LogP contribution in [0.3, 0.4) is 0 Å². The molecule has 4 nitrogen and oxygen atoms in total. The van der Waals surface area contributed by atoms with E-state index in [1.165, 1.54) is 0 Å². The maximum absolute atomic E-state index is 10.4. The predicted molar refractivity (Wildman–Crippen MR) is 37.8 cm³/mol. The van der Waals surface area contributed by atoms with E-state index >= 15 is 0 Å². The number of nitrogens with two attached hydrogens (primary N) is 2. The molecule has 1 unspecified atom stereocenters. The van der Waals surface area contributed by atoms with Gasteiger partial charge >= 0.3 is 5.97 Å². The van der Waals surface area contributed by atoms with Crippen molar-refractivity contribution < 1.29 is 9.63 Å². The van der Waals surface area contributed by atoms with Crippen LogP contribution in [0.5, 0.6) is 0 Å². The van der Waals surface area contributed by atoms with Crippen molar-refractivity contribution in [2.45, 2.75) is 32.2 Å². The first-order valence-corrected chi connectivity index (χ1v) is 3.32. The van der Waals surface area contributed by atoms with Crippen LogP contribution in [0.1, 0.15) is 26.2 Å². The van der Waals surface area contributed by atoms with Crippen LogP contribution in [0.2, 0.25) is 0 Å². The highest BCUT2D eigenvalue weighted by Gasteiger charge is 2.00. The number of carbonyl (C=O) groups excluding carboxylic acids is 1. The van der Waals surface area contributed by atoms with E-state index in [9.17, 15) is 4.79 Å². The van der Waals surface area contributed by atoms with E-state index in [4.69, 9.17) is 5.73 Å². The summed E-state index contributed by atoms with van der Waals surface area (Å²) < 4.78 is 0. The summed E-state index contributed by atoms with van der Waals surface area (Å²) in [6.45, 7) is 1.90. The Hall–Kier alpha value is -0.610. The quantitative estimate of drug-likeness (QED) is 0.544. The van der Waals surface area contributed by atoms with Crippen molar-refractivity contribution in [2.24, 2.45) is 11.6 Å². The van der Waals surface area contributed by atoms with Crippen molar-refractivity contribution >= 4 is 5.97 Å². The Morgan fingerprint density at radius 2 is 2.30 bits per heavy atom. The first kappa shape index (κ1) is 9.39. The van der Waals surface area contributed by atoms with E-state index in [2.05, 4.69) is 10.7 Å². The van der Waals surface area contributed by atoms with Gasteiger partial charge in [0.05, 0.1) is 0 Å². The van der Waals surface area contributed by atoms with Crippen LogP contribution in [0.25, 0.3) is 0 Å². The Morgan fingerprint density at radius 3 is 2.70 bits per heavy atom. The fourth-order valence-electron chi connectivity index (χ4n) is 0.627. The van der Waals surface area contributed by atoms with Gasteiger partial charge in [-0.3, -0.25) is 4.79 Å². The SMILES string of the molecule is CC(N)CCCC(=O)ON. The third-order valence-corrected chi connectivity index (χ3v) is 1.17. The molecule has 0 aromatic carbocycles. The molecule has 1 atom stereocenters. The standard InChI is InChI=1S/C6H14N2O2/c1-5(7)3-2-4-6(9)10-8/h5H,2-4,7-8H2,1H3. The molecule has 0 bridgehead atoms. The Balaban J connectivity index is 3.12. The predicted octanol–water partition coefficient (Wildman–Crippen LogP) is -0.0792. The summed E-state index contributed by atoms with van der Waals surface area (Å²) in [4.78, 5) is 14.4. The zero-order valence-corrected chi connectivity index (χ0v) is 6.17. The lowest BCUT2D eigenvalue weighted by Gasteiger charge is -2.01. The van der Waals surface area contributed by atoms with Crippen molar-refractivity contribution in [3.63, 3.8) is 0 Å². The van der Waals surface area contributed by atoms with Crippen molar-refractivity contribution in [3.05, 3.63) is 0 Å². The van der Waals surface area contributed by atoms with E-state index in [0.29, 0.717) is 6.42 Å². The minimum Gasteiger partial charge on any atom is -0.373 e. The molecule has 0 spiro atoms. The van der Waals surface area contributed by atoms with E-state index < -0.39 is 0 Å². The zero-order chi connectivity index (χ0) is 7.98. The number of hydrogen-bond acceptors (Lipinski definition) is 4. The summed E-state index contributed by atoms with van der Waals surface area (Å²) in [6, 6.07) is 0.144. The third-order valence-electron chi connectivity index (χ3n) is 1.17. The molecule has 0 saturated heterocycles. The lowest BCUT2D eigenvalue weighted by atomic mass is 10.1. The molecule has 0 fully saturated rings. The van der Waals surface area contributed by atoms with E-state index in [0.717, 1.165) is 12.8 Å². The van der Waals surface area contributed by atoms with Crippen LogP contribution in [0, 0.1) is 0 Å². The normalized spacial score (nSPS) is 12.7. The molecule has 60 valence electrons. The number of hydrogen-bond donors (Lipinski definition) is 2.